The molecule has 9 heteroatoms. The summed E-state index contributed by atoms with van der Waals surface area (Å²) in [5, 5.41) is 2.41. The first-order valence-corrected chi connectivity index (χ1v) is 10.9. The highest BCUT2D eigenvalue weighted by molar-refractivity contribution is 7.89. The van der Waals surface area contributed by atoms with E-state index in [1.165, 1.54) is 28.6 Å². The average molecular weight is 445 g/mol. The van der Waals surface area contributed by atoms with E-state index in [0.29, 0.717) is 24.7 Å². The minimum Gasteiger partial charge on any atom is -0.322 e. The average Bonchev–Trinajstić information content (AvgIpc) is 2.65. The Morgan fingerprint density at radius 1 is 1.11 bits per heavy atom. The van der Waals surface area contributed by atoms with Gasteiger partial charge in [-0.05, 0) is 55.2 Å². The molecule has 0 aliphatic carbocycles. The van der Waals surface area contributed by atoms with Crippen molar-refractivity contribution in [2.24, 2.45) is 5.92 Å². The van der Waals surface area contributed by atoms with Crippen LogP contribution in [0.1, 0.15) is 30.1 Å². The third kappa shape index (κ3) is 4.49. The van der Waals surface area contributed by atoms with Crippen LogP contribution in [0.3, 0.4) is 0 Å². The molecule has 1 aliphatic heterocycles. The number of nitrogens with one attached hydrogen (secondary N) is 1. The van der Waals surface area contributed by atoms with Gasteiger partial charge >= 0.3 is 0 Å². The SMILES string of the molecule is CC1CCN(S(=O)(=O)c2ccc(NC(=O)c3cc(F)c(Cl)cc3Cl)cc2)CC1. The lowest BCUT2D eigenvalue weighted by Gasteiger charge is -2.29. The van der Waals surface area contributed by atoms with Crippen LogP contribution in [0.2, 0.25) is 10.0 Å². The Bertz CT molecular complexity index is 989. The van der Waals surface area contributed by atoms with Crippen molar-refractivity contribution in [3.63, 3.8) is 0 Å². The van der Waals surface area contributed by atoms with Crippen molar-refractivity contribution in [2.45, 2.75) is 24.7 Å². The molecule has 2 aromatic rings. The number of anilines is 1. The normalized spacial score (nSPS) is 16.1. The monoisotopic (exact) mass is 444 g/mol. The fraction of sp³-hybridized carbons (Fsp3) is 0.316. The van der Waals surface area contributed by atoms with Gasteiger partial charge in [0.05, 0.1) is 20.5 Å². The van der Waals surface area contributed by atoms with Gasteiger partial charge in [0.25, 0.3) is 5.91 Å². The maximum Gasteiger partial charge on any atom is 0.257 e. The van der Waals surface area contributed by atoms with Gasteiger partial charge in [-0.3, -0.25) is 4.79 Å². The van der Waals surface area contributed by atoms with Crippen molar-refractivity contribution in [3.8, 4) is 0 Å². The number of sulfonamides is 1. The van der Waals surface area contributed by atoms with Gasteiger partial charge in [0.15, 0.2) is 0 Å². The number of carbonyl (C=O) groups excluding carboxylic acids is 1. The van der Waals surface area contributed by atoms with Crippen LogP contribution in [0.4, 0.5) is 10.1 Å². The Morgan fingerprint density at radius 3 is 2.32 bits per heavy atom. The molecule has 0 bridgehead atoms. The smallest absolute Gasteiger partial charge is 0.257 e. The van der Waals surface area contributed by atoms with Crippen molar-refractivity contribution in [1.82, 2.24) is 4.31 Å². The molecule has 150 valence electrons. The highest BCUT2D eigenvalue weighted by atomic mass is 35.5. The molecule has 0 atom stereocenters. The van der Waals surface area contributed by atoms with Crippen LogP contribution in [0.25, 0.3) is 0 Å². The molecule has 1 amide bonds. The van der Waals surface area contributed by atoms with Crippen molar-refractivity contribution in [1.29, 1.82) is 0 Å². The number of nitrogens with zero attached hydrogens (tertiary/aromatic N) is 1. The number of halogens is 3. The number of rotatable bonds is 4. The van der Waals surface area contributed by atoms with E-state index >= 15 is 0 Å². The molecule has 3 rings (SSSR count). The van der Waals surface area contributed by atoms with Crippen LogP contribution < -0.4 is 5.32 Å². The summed E-state index contributed by atoms with van der Waals surface area (Å²) in [5.74, 6) is -0.858. The zero-order chi connectivity index (χ0) is 20.5. The lowest BCUT2D eigenvalue weighted by Crippen LogP contribution is -2.37. The van der Waals surface area contributed by atoms with Crippen molar-refractivity contribution in [2.75, 3.05) is 18.4 Å². The second kappa shape index (κ2) is 8.37. The summed E-state index contributed by atoms with van der Waals surface area (Å²) < 4.78 is 40.5. The number of benzene rings is 2. The fourth-order valence-corrected chi connectivity index (χ4v) is 4.92. The summed E-state index contributed by atoms with van der Waals surface area (Å²) >= 11 is 11.6. The third-order valence-electron chi connectivity index (χ3n) is 4.75. The second-order valence-electron chi connectivity index (χ2n) is 6.81. The summed E-state index contributed by atoms with van der Waals surface area (Å²) in [4.78, 5) is 12.5. The Kier molecular flexibility index (Phi) is 6.29. The van der Waals surface area contributed by atoms with E-state index in [1.807, 2.05) is 0 Å². The molecule has 5 nitrogen and oxygen atoms in total. The number of amides is 1. The number of hydrogen-bond donors (Lipinski definition) is 1. The summed E-state index contributed by atoms with van der Waals surface area (Å²) in [7, 11) is -3.56. The predicted octanol–water partition coefficient (Wildman–Crippen LogP) is 4.81. The minimum absolute atomic E-state index is 0.0161. The van der Waals surface area contributed by atoms with Gasteiger partial charge in [0.1, 0.15) is 5.82 Å². The van der Waals surface area contributed by atoms with Gasteiger partial charge in [0, 0.05) is 18.8 Å². The second-order valence-corrected chi connectivity index (χ2v) is 9.56. The van der Waals surface area contributed by atoms with Crippen molar-refractivity contribution < 1.29 is 17.6 Å². The molecular weight excluding hydrogens is 426 g/mol. The fourth-order valence-electron chi connectivity index (χ4n) is 2.98. The predicted molar refractivity (Wildman–Crippen MR) is 108 cm³/mol. The van der Waals surface area contributed by atoms with E-state index in [1.54, 1.807) is 0 Å². The van der Waals surface area contributed by atoms with Gasteiger partial charge in [-0.15, -0.1) is 0 Å². The molecule has 0 aromatic heterocycles. The first-order chi connectivity index (χ1) is 13.2. The van der Waals surface area contributed by atoms with Crippen molar-refractivity contribution >= 4 is 44.8 Å². The minimum atomic E-state index is -3.56. The molecule has 1 saturated heterocycles. The first-order valence-electron chi connectivity index (χ1n) is 8.74. The van der Waals surface area contributed by atoms with E-state index in [-0.39, 0.29) is 20.5 Å². The highest BCUT2D eigenvalue weighted by Crippen LogP contribution is 2.27. The number of hydrogen-bond acceptors (Lipinski definition) is 3. The Hall–Kier alpha value is -1.67. The Morgan fingerprint density at radius 2 is 1.71 bits per heavy atom. The lowest BCUT2D eigenvalue weighted by atomic mass is 10.0. The quantitative estimate of drug-likeness (QED) is 0.688. The van der Waals surface area contributed by atoms with E-state index in [9.17, 15) is 17.6 Å². The number of carbonyl (C=O) groups is 1. The molecule has 1 aliphatic rings. The summed E-state index contributed by atoms with van der Waals surface area (Å²) in [6.07, 6.45) is 1.68. The van der Waals surface area contributed by atoms with E-state index in [0.717, 1.165) is 25.0 Å². The topological polar surface area (TPSA) is 66.5 Å². The molecule has 1 heterocycles. The summed E-state index contributed by atoms with van der Waals surface area (Å²) in [5.41, 5.74) is 0.297. The van der Waals surface area contributed by atoms with Crippen LogP contribution in [0.5, 0.6) is 0 Å². The Labute approximate surface area is 173 Å². The van der Waals surface area contributed by atoms with Crippen LogP contribution in [0, 0.1) is 11.7 Å². The molecule has 0 radical (unpaired) electrons. The van der Waals surface area contributed by atoms with Crippen LogP contribution >= 0.6 is 23.2 Å². The van der Waals surface area contributed by atoms with Gasteiger partial charge in [0.2, 0.25) is 10.0 Å². The molecule has 0 spiro atoms. The van der Waals surface area contributed by atoms with E-state index in [4.69, 9.17) is 23.2 Å². The maximum atomic E-state index is 13.6. The van der Waals surface area contributed by atoms with Gasteiger partial charge in [-0.25, -0.2) is 12.8 Å². The molecule has 2 aromatic carbocycles. The number of piperidine rings is 1. The van der Waals surface area contributed by atoms with E-state index < -0.39 is 21.7 Å². The summed E-state index contributed by atoms with van der Waals surface area (Å²) in [6, 6.07) is 7.95. The third-order valence-corrected chi connectivity index (χ3v) is 7.26. The molecular formula is C19H19Cl2FN2O3S. The van der Waals surface area contributed by atoms with Crippen LogP contribution in [-0.2, 0) is 10.0 Å². The van der Waals surface area contributed by atoms with Crippen LogP contribution in [-0.4, -0.2) is 31.7 Å². The van der Waals surface area contributed by atoms with Crippen molar-refractivity contribution in [3.05, 3.63) is 57.8 Å². The molecule has 28 heavy (non-hydrogen) atoms. The lowest BCUT2D eigenvalue weighted by molar-refractivity contribution is 0.102. The zero-order valence-electron chi connectivity index (χ0n) is 15.1. The standard InChI is InChI=1S/C19H19Cl2FN2O3S/c1-12-6-8-24(9-7-12)28(26,27)14-4-2-13(3-5-14)23-19(25)15-10-18(22)17(21)11-16(15)20/h2-5,10-12H,6-9H2,1H3,(H,23,25). The molecule has 0 unspecified atom stereocenters. The molecule has 1 N–H and O–H groups in total. The van der Waals surface area contributed by atoms with Crippen LogP contribution in [0.15, 0.2) is 41.3 Å². The van der Waals surface area contributed by atoms with Gasteiger partial charge in [-0.1, -0.05) is 30.1 Å². The zero-order valence-corrected chi connectivity index (χ0v) is 17.4. The largest absolute Gasteiger partial charge is 0.322 e. The highest BCUT2D eigenvalue weighted by Gasteiger charge is 2.28. The van der Waals surface area contributed by atoms with Gasteiger partial charge in [-0.2, -0.15) is 4.31 Å². The maximum absolute atomic E-state index is 13.6. The molecule has 1 fully saturated rings. The van der Waals surface area contributed by atoms with E-state index in [2.05, 4.69) is 12.2 Å². The molecule has 0 saturated carbocycles. The Balaban J connectivity index is 1.74. The summed E-state index contributed by atoms with van der Waals surface area (Å²) in [6.45, 7) is 3.12. The van der Waals surface area contributed by atoms with Gasteiger partial charge < -0.3 is 5.32 Å². The first kappa shape index (κ1) is 21.0.